The van der Waals surface area contributed by atoms with E-state index in [1.165, 1.54) is 5.56 Å². The van der Waals surface area contributed by atoms with Crippen LogP contribution in [0.3, 0.4) is 0 Å². The van der Waals surface area contributed by atoms with Gasteiger partial charge in [0.05, 0.1) is 6.61 Å². The number of nitrogens with one attached hydrogen (secondary N) is 1. The summed E-state index contributed by atoms with van der Waals surface area (Å²) in [5.74, 6) is 0.694. The van der Waals surface area contributed by atoms with Gasteiger partial charge in [0.2, 0.25) is 0 Å². The Balaban J connectivity index is 1.69. The van der Waals surface area contributed by atoms with Gasteiger partial charge >= 0.3 is 6.09 Å². The highest BCUT2D eigenvalue weighted by atomic mass is 16.5. The van der Waals surface area contributed by atoms with Crippen LogP contribution in [0, 0.1) is 13.8 Å². The van der Waals surface area contributed by atoms with Crippen LogP contribution in [0.1, 0.15) is 43.7 Å². The quantitative estimate of drug-likeness (QED) is 0.757. The largest absolute Gasteiger partial charge is 0.484 e. The summed E-state index contributed by atoms with van der Waals surface area (Å²) in [4.78, 5) is 25.8. The molecule has 0 saturated carbocycles. The third-order valence-electron chi connectivity index (χ3n) is 4.74. The van der Waals surface area contributed by atoms with Crippen LogP contribution in [0.2, 0.25) is 0 Å². The molecule has 1 N–H and O–H groups in total. The smallest absolute Gasteiger partial charge is 0.407 e. The number of hydrogen-bond acceptors (Lipinski definition) is 4. The summed E-state index contributed by atoms with van der Waals surface area (Å²) < 4.78 is 10.7. The highest BCUT2D eigenvalue weighted by molar-refractivity contribution is 5.78. The fourth-order valence-corrected chi connectivity index (χ4v) is 2.83. The van der Waals surface area contributed by atoms with Crippen molar-refractivity contribution in [3.05, 3.63) is 29.3 Å². The van der Waals surface area contributed by atoms with Crippen molar-refractivity contribution in [2.45, 2.75) is 52.5 Å². The number of benzene rings is 1. The zero-order chi connectivity index (χ0) is 18.9. The van der Waals surface area contributed by atoms with Gasteiger partial charge in [-0.05, 0) is 56.4 Å². The molecule has 1 aromatic carbocycles. The number of amides is 2. The molecule has 0 unspecified atom stereocenters. The first-order chi connectivity index (χ1) is 12.5. The molecular formula is C20H30N2O4. The van der Waals surface area contributed by atoms with Crippen LogP contribution in [-0.2, 0) is 9.53 Å². The monoisotopic (exact) mass is 362 g/mol. The molecule has 0 spiro atoms. The number of ether oxygens (including phenoxy) is 2. The second-order valence-corrected chi connectivity index (χ2v) is 6.82. The Bertz CT molecular complexity index is 610. The van der Waals surface area contributed by atoms with Crippen molar-refractivity contribution in [1.29, 1.82) is 0 Å². The van der Waals surface area contributed by atoms with Gasteiger partial charge in [-0.2, -0.15) is 0 Å². The maximum absolute atomic E-state index is 12.3. The average Bonchev–Trinajstić information content (AvgIpc) is 2.63. The Labute approximate surface area is 155 Å². The lowest BCUT2D eigenvalue weighted by atomic mass is 10.1. The lowest BCUT2D eigenvalue weighted by Gasteiger charge is -2.32. The van der Waals surface area contributed by atoms with Gasteiger partial charge in [-0.1, -0.05) is 19.4 Å². The normalized spacial score (nSPS) is 14.8. The molecule has 1 aliphatic heterocycles. The second-order valence-electron chi connectivity index (χ2n) is 6.82. The predicted octanol–water partition coefficient (Wildman–Crippen LogP) is 3.20. The Morgan fingerprint density at radius 1 is 1.19 bits per heavy atom. The van der Waals surface area contributed by atoms with Gasteiger partial charge in [0, 0.05) is 19.1 Å². The molecule has 1 saturated heterocycles. The fraction of sp³-hybridized carbons (Fsp3) is 0.600. The standard InChI is InChI=1S/C20H30N2O4/c1-4-5-12-25-20(24)21-17-8-10-22(11-9-17)19(23)14-26-18-7-6-15(2)16(3)13-18/h6-7,13,17H,4-5,8-12,14H2,1-3H3,(H,21,24). The molecule has 1 fully saturated rings. The van der Waals surface area contributed by atoms with E-state index in [4.69, 9.17) is 9.47 Å². The second kappa shape index (κ2) is 10.0. The van der Waals surface area contributed by atoms with E-state index in [0.29, 0.717) is 25.4 Å². The molecule has 0 radical (unpaired) electrons. The van der Waals surface area contributed by atoms with Gasteiger partial charge in [0.15, 0.2) is 6.61 Å². The number of hydrogen-bond donors (Lipinski definition) is 1. The number of rotatable bonds is 7. The van der Waals surface area contributed by atoms with E-state index in [9.17, 15) is 9.59 Å². The molecule has 2 amide bonds. The molecule has 1 aliphatic rings. The average molecular weight is 362 g/mol. The maximum atomic E-state index is 12.3. The molecule has 1 heterocycles. The van der Waals surface area contributed by atoms with Crippen molar-refractivity contribution in [1.82, 2.24) is 10.2 Å². The van der Waals surface area contributed by atoms with E-state index in [1.807, 2.05) is 32.0 Å². The topological polar surface area (TPSA) is 67.9 Å². The molecular weight excluding hydrogens is 332 g/mol. The molecule has 0 aromatic heterocycles. The van der Waals surface area contributed by atoms with Crippen molar-refractivity contribution in [3.63, 3.8) is 0 Å². The molecule has 144 valence electrons. The number of piperidine rings is 1. The fourth-order valence-electron chi connectivity index (χ4n) is 2.83. The summed E-state index contributed by atoms with van der Waals surface area (Å²) in [5, 5.41) is 2.88. The number of carbonyl (C=O) groups is 2. The maximum Gasteiger partial charge on any atom is 0.407 e. The zero-order valence-corrected chi connectivity index (χ0v) is 16.0. The molecule has 0 atom stereocenters. The number of unbranched alkanes of at least 4 members (excludes halogenated alkanes) is 1. The third-order valence-corrected chi connectivity index (χ3v) is 4.74. The molecule has 0 aliphatic carbocycles. The van der Waals surface area contributed by atoms with E-state index in [1.54, 1.807) is 4.90 Å². The van der Waals surface area contributed by atoms with Crippen molar-refractivity contribution < 1.29 is 19.1 Å². The van der Waals surface area contributed by atoms with Gasteiger partial charge in [-0.25, -0.2) is 4.79 Å². The molecule has 1 aromatic rings. The Kier molecular flexibility index (Phi) is 7.75. The predicted molar refractivity (Wildman–Crippen MR) is 100 cm³/mol. The molecule has 6 heteroatoms. The summed E-state index contributed by atoms with van der Waals surface area (Å²) >= 11 is 0. The zero-order valence-electron chi connectivity index (χ0n) is 16.0. The highest BCUT2D eigenvalue weighted by Crippen LogP contribution is 2.17. The van der Waals surface area contributed by atoms with Gasteiger partial charge in [-0.3, -0.25) is 4.79 Å². The van der Waals surface area contributed by atoms with Gasteiger partial charge in [0.25, 0.3) is 5.91 Å². The Hall–Kier alpha value is -2.24. The summed E-state index contributed by atoms with van der Waals surface area (Å²) in [6.45, 7) is 7.86. The Morgan fingerprint density at radius 3 is 2.58 bits per heavy atom. The van der Waals surface area contributed by atoms with E-state index in [2.05, 4.69) is 12.2 Å². The van der Waals surface area contributed by atoms with Gasteiger partial charge in [-0.15, -0.1) is 0 Å². The highest BCUT2D eigenvalue weighted by Gasteiger charge is 2.24. The first-order valence-corrected chi connectivity index (χ1v) is 9.40. The lowest BCUT2D eigenvalue weighted by Crippen LogP contribution is -2.47. The van der Waals surface area contributed by atoms with Crippen molar-refractivity contribution in [3.8, 4) is 5.75 Å². The molecule has 2 rings (SSSR count). The first kappa shape index (κ1) is 20.1. The summed E-state index contributed by atoms with van der Waals surface area (Å²) in [7, 11) is 0. The number of nitrogens with zero attached hydrogens (tertiary/aromatic N) is 1. The van der Waals surface area contributed by atoms with Crippen LogP contribution in [0.25, 0.3) is 0 Å². The van der Waals surface area contributed by atoms with Gasteiger partial charge in [0.1, 0.15) is 5.75 Å². The number of alkyl carbamates (subject to hydrolysis) is 1. The minimum atomic E-state index is -0.360. The van der Waals surface area contributed by atoms with E-state index < -0.39 is 0 Å². The van der Waals surface area contributed by atoms with Crippen LogP contribution >= 0.6 is 0 Å². The first-order valence-electron chi connectivity index (χ1n) is 9.40. The number of aryl methyl sites for hydroxylation is 2. The SMILES string of the molecule is CCCCOC(=O)NC1CCN(C(=O)COc2ccc(C)c(C)c2)CC1. The van der Waals surface area contributed by atoms with Gasteiger partial charge < -0.3 is 19.7 Å². The number of carbonyl (C=O) groups excluding carboxylic acids is 2. The summed E-state index contributed by atoms with van der Waals surface area (Å²) in [6, 6.07) is 5.89. The van der Waals surface area contributed by atoms with Crippen LogP contribution in [0.15, 0.2) is 18.2 Å². The van der Waals surface area contributed by atoms with Crippen LogP contribution in [-0.4, -0.2) is 49.2 Å². The van der Waals surface area contributed by atoms with Crippen molar-refractivity contribution >= 4 is 12.0 Å². The number of likely N-dealkylation sites (tertiary alicyclic amines) is 1. The van der Waals surface area contributed by atoms with E-state index >= 15 is 0 Å². The lowest BCUT2D eigenvalue weighted by molar-refractivity contribution is -0.134. The molecule has 0 bridgehead atoms. The van der Waals surface area contributed by atoms with E-state index in [0.717, 1.165) is 31.2 Å². The minimum Gasteiger partial charge on any atom is -0.484 e. The summed E-state index contributed by atoms with van der Waals surface area (Å²) in [5.41, 5.74) is 2.35. The van der Waals surface area contributed by atoms with Crippen molar-refractivity contribution in [2.24, 2.45) is 0 Å². The summed E-state index contributed by atoms with van der Waals surface area (Å²) in [6.07, 6.45) is 2.98. The van der Waals surface area contributed by atoms with Crippen LogP contribution in [0.4, 0.5) is 4.79 Å². The Morgan fingerprint density at radius 2 is 1.92 bits per heavy atom. The third kappa shape index (κ3) is 6.24. The molecule has 26 heavy (non-hydrogen) atoms. The minimum absolute atomic E-state index is 0.0211. The van der Waals surface area contributed by atoms with Crippen LogP contribution in [0.5, 0.6) is 5.75 Å². The van der Waals surface area contributed by atoms with Crippen molar-refractivity contribution in [2.75, 3.05) is 26.3 Å². The van der Waals surface area contributed by atoms with E-state index in [-0.39, 0.29) is 24.6 Å². The molecule has 6 nitrogen and oxygen atoms in total. The van der Waals surface area contributed by atoms with Crippen LogP contribution < -0.4 is 10.1 Å².